The zero-order chi connectivity index (χ0) is 16.8. The molecule has 22 heavy (non-hydrogen) atoms. The van der Waals surface area contributed by atoms with Crippen molar-refractivity contribution in [2.75, 3.05) is 0 Å². The molecule has 0 N–H and O–H groups in total. The number of hydrogen-bond donors (Lipinski definition) is 0. The molecule has 6 heteroatoms. The fraction of sp³-hybridized carbons (Fsp3) is 0.438. The first kappa shape index (κ1) is 18.5. The third-order valence-corrected chi connectivity index (χ3v) is 5.10. The van der Waals surface area contributed by atoms with Gasteiger partial charge in [0.05, 0.1) is 10.5 Å². The molecule has 2 nitrogen and oxygen atoms in total. The van der Waals surface area contributed by atoms with Crippen LogP contribution in [-0.2, 0) is 16.7 Å². The van der Waals surface area contributed by atoms with E-state index < -0.39 is 21.9 Å². The maximum absolute atomic E-state index is 13.2. The van der Waals surface area contributed by atoms with Crippen molar-refractivity contribution < 1.29 is 23.1 Å². The number of aliphatic carboxylic acids is 1. The molecule has 0 amide bonds. The van der Waals surface area contributed by atoms with Gasteiger partial charge in [0, 0.05) is 23.8 Å². The zero-order valence-electron chi connectivity index (χ0n) is 12.6. The van der Waals surface area contributed by atoms with Gasteiger partial charge in [-0.25, -0.2) is 0 Å². The average Bonchev–Trinajstić information content (AvgIpc) is 2.76. The summed E-state index contributed by atoms with van der Waals surface area (Å²) in [6.07, 6.45) is 3.42. The zero-order valence-corrected chi connectivity index (χ0v) is 13.4. The van der Waals surface area contributed by atoms with Crippen molar-refractivity contribution in [3.63, 3.8) is 0 Å². The molecule has 1 unspecified atom stereocenters. The molecular weight excluding hydrogens is 313 g/mol. The van der Waals surface area contributed by atoms with Crippen LogP contribution in [0, 0.1) is 0 Å². The maximum Gasteiger partial charge on any atom is 0.600 e. The van der Waals surface area contributed by atoms with Crippen molar-refractivity contribution in [1.82, 2.24) is 0 Å². The molecule has 0 radical (unpaired) electrons. The lowest BCUT2D eigenvalue weighted by Gasteiger charge is -2.00. The van der Waals surface area contributed by atoms with Crippen LogP contribution in [0.1, 0.15) is 38.0 Å². The first-order valence-electron chi connectivity index (χ1n) is 7.05. The summed E-state index contributed by atoms with van der Waals surface area (Å²) in [7, 11) is -1.70. The van der Waals surface area contributed by atoms with Crippen LogP contribution in [0.15, 0.2) is 30.3 Å². The highest BCUT2D eigenvalue weighted by molar-refractivity contribution is 7.38. The van der Waals surface area contributed by atoms with E-state index in [0.717, 1.165) is 31.6 Å². The van der Waals surface area contributed by atoms with E-state index in [4.69, 9.17) is 9.90 Å². The maximum atomic E-state index is 13.2. The topological polar surface area (TPSA) is 40.1 Å². The number of aryl methyl sites for hydroxylation is 1. The minimum atomic E-state index is -4.15. The van der Waals surface area contributed by atoms with Gasteiger partial charge in [-0.05, 0) is 25.5 Å². The van der Waals surface area contributed by atoms with Gasteiger partial charge < -0.3 is 9.90 Å². The van der Waals surface area contributed by atoms with Crippen LogP contribution in [0.5, 0.6) is 0 Å². The predicted octanol–water partition coefficient (Wildman–Crippen LogP) is 4.55. The minimum absolute atomic E-state index is 0.441. The lowest BCUT2D eigenvalue weighted by molar-refractivity contribution is -0.302. The number of alkyl halides is 3. The van der Waals surface area contributed by atoms with E-state index in [2.05, 4.69) is 6.92 Å². The first-order chi connectivity index (χ1) is 10.3. The number of carbonyl (C=O) groups excluding carboxylic acids is 1. The van der Waals surface area contributed by atoms with Crippen molar-refractivity contribution in [2.24, 2.45) is 0 Å². The molecule has 0 saturated carbocycles. The minimum Gasteiger partial charge on any atom is -0.550 e. The van der Waals surface area contributed by atoms with E-state index in [9.17, 15) is 13.2 Å². The number of carbonyl (C=O) groups is 1. The van der Waals surface area contributed by atoms with Gasteiger partial charge >= 0.3 is 5.51 Å². The summed E-state index contributed by atoms with van der Waals surface area (Å²) in [6, 6.07) is 8.60. The Balaban J connectivity index is 0.000000541. The van der Waals surface area contributed by atoms with E-state index in [1.54, 1.807) is 30.3 Å². The molecule has 0 aliphatic carbocycles. The van der Waals surface area contributed by atoms with E-state index in [0.29, 0.717) is 16.0 Å². The van der Waals surface area contributed by atoms with E-state index in [1.807, 2.05) is 0 Å². The Morgan fingerprint density at radius 3 is 2.36 bits per heavy atom. The number of carboxylic acids is 1. The number of carboxylic acid groups (broad SMARTS) is 1. The summed E-state index contributed by atoms with van der Waals surface area (Å²) in [5.41, 5.74) is -4.15. The summed E-state index contributed by atoms with van der Waals surface area (Å²) >= 11 is 0. The lowest BCUT2D eigenvalue weighted by Crippen LogP contribution is -2.16. The fourth-order valence-electron chi connectivity index (χ4n) is 2.16. The first-order valence-corrected chi connectivity index (χ1v) is 8.28. The number of halogens is 3. The fourth-order valence-corrected chi connectivity index (χ4v) is 4.16. The molecule has 122 valence electrons. The molecule has 0 spiro atoms. The number of hydrogen-bond acceptors (Lipinski definition) is 2. The monoisotopic (exact) mass is 332 g/mol. The van der Waals surface area contributed by atoms with Crippen molar-refractivity contribution in [3.8, 4) is 0 Å². The largest absolute Gasteiger partial charge is 0.600 e. The number of rotatable bonds is 4. The Morgan fingerprint density at radius 2 is 1.82 bits per heavy atom. The standard InChI is InChI=1S/C14H16F3S.C2H4O2/c1-2-3-4-8-12-10-11-7-5-6-9-13(11)18(12)14(15,16)17;1-2(3)4/h5-7,9-10H,2-4,8H2,1H3;1H3,(H,3,4)/q+1;/p-1. The molecule has 0 bridgehead atoms. The Labute approximate surface area is 130 Å². The van der Waals surface area contributed by atoms with Gasteiger partial charge in [0.2, 0.25) is 0 Å². The summed E-state index contributed by atoms with van der Waals surface area (Å²) in [5, 5.41) is 9.63. The van der Waals surface area contributed by atoms with Crippen LogP contribution in [0.4, 0.5) is 13.2 Å². The average molecular weight is 332 g/mol. The molecular formula is C16H19F3O2S. The normalized spacial score (nSPS) is 12.0. The molecule has 0 saturated heterocycles. The molecule has 1 aromatic heterocycles. The lowest BCUT2D eigenvalue weighted by atomic mass is 10.1. The van der Waals surface area contributed by atoms with Gasteiger partial charge in [-0.15, -0.1) is 13.2 Å². The molecule has 2 rings (SSSR count). The SMILES string of the molecule is CC(=O)[O-].CCCCCc1cc2ccccc2[s+]1C(F)(F)F. The molecule has 1 heterocycles. The number of thiophene rings is 1. The van der Waals surface area contributed by atoms with E-state index >= 15 is 0 Å². The van der Waals surface area contributed by atoms with Gasteiger partial charge in [-0.2, -0.15) is 0 Å². The van der Waals surface area contributed by atoms with Crippen LogP contribution in [-0.4, -0.2) is 5.97 Å². The molecule has 1 atom stereocenters. The van der Waals surface area contributed by atoms with Gasteiger partial charge in [-0.3, -0.25) is 0 Å². The van der Waals surface area contributed by atoms with Crippen LogP contribution >= 0.6 is 10.5 Å². The molecule has 0 aliphatic heterocycles. The van der Waals surface area contributed by atoms with Gasteiger partial charge in [0.1, 0.15) is 0 Å². The third kappa shape index (κ3) is 5.33. The smallest absolute Gasteiger partial charge is 0.550 e. The molecule has 2 aromatic rings. The van der Waals surface area contributed by atoms with Crippen molar-refractivity contribution in [2.45, 2.75) is 45.0 Å². The number of unbranched alkanes of at least 4 members (excludes halogenated alkanes) is 2. The van der Waals surface area contributed by atoms with Crippen LogP contribution < -0.4 is 5.11 Å². The highest BCUT2D eigenvalue weighted by atomic mass is 32.2. The van der Waals surface area contributed by atoms with Crippen molar-refractivity contribution in [1.29, 1.82) is 0 Å². The summed E-state index contributed by atoms with van der Waals surface area (Å²) in [5.74, 6) is -1.08. The van der Waals surface area contributed by atoms with Gasteiger partial charge in [0.15, 0.2) is 9.58 Å². The highest BCUT2D eigenvalue weighted by Gasteiger charge is 2.47. The Morgan fingerprint density at radius 1 is 1.23 bits per heavy atom. The van der Waals surface area contributed by atoms with E-state index in [-0.39, 0.29) is 0 Å². The predicted molar refractivity (Wildman–Crippen MR) is 81.6 cm³/mol. The quantitative estimate of drug-likeness (QED) is 0.608. The second kappa shape index (κ2) is 8.17. The summed E-state index contributed by atoms with van der Waals surface area (Å²) in [6.45, 7) is 3.03. The summed E-state index contributed by atoms with van der Waals surface area (Å²) < 4.78 is 40.0. The number of benzene rings is 1. The van der Waals surface area contributed by atoms with Crippen molar-refractivity contribution >= 4 is 26.5 Å². The second-order valence-corrected chi connectivity index (χ2v) is 6.89. The number of fused-ring (bicyclic) bond motifs is 1. The van der Waals surface area contributed by atoms with Gasteiger partial charge in [-0.1, -0.05) is 31.9 Å². The Bertz CT molecular complexity index is 613. The molecule has 0 aliphatic rings. The van der Waals surface area contributed by atoms with Crippen LogP contribution in [0.3, 0.4) is 0 Å². The second-order valence-electron chi connectivity index (χ2n) is 4.85. The molecule has 0 fully saturated rings. The summed E-state index contributed by atoms with van der Waals surface area (Å²) in [4.78, 5) is 9.44. The van der Waals surface area contributed by atoms with Crippen LogP contribution in [0.25, 0.3) is 10.1 Å². The highest BCUT2D eigenvalue weighted by Crippen LogP contribution is 2.51. The van der Waals surface area contributed by atoms with Crippen LogP contribution in [0.2, 0.25) is 0 Å². The third-order valence-electron chi connectivity index (χ3n) is 2.98. The van der Waals surface area contributed by atoms with E-state index in [1.165, 1.54) is 0 Å². The Hall–Kier alpha value is -1.56. The molecule has 1 aromatic carbocycles. The Kier molecular flexibility index (Phi) is 6.87. The van der Waals surface area contributed by atoms with Crippen molar-refractivity contribution in [3.05, 3.63) is 35.2 Å². The van der Waals surface area contributed by atoms with Gasteiger partial charge in [0.25, 0.3) is 0 Å².